The summed E-state index contributed by atoms with van der Waals surface area (Å²) in [4.78, 5) is 29.0. The van der Waals surface area contributed by atoms with Crippen LogP contribution >= 0.6 is 0 Å². The molecule has 1 N–H and O–H groups in total. The van der Waals surface area contributed by atoms with Gasteiger partial charge in [0.25, 0.3) is 5.56 Å². The van der Waals surface area contributed by atoms with E-state index >= 15 is 0 Å². The van der Waals surface area contributed by atoms with Crippen molar-refractivity contribution in [3.8, 4) is 0 Å². The lowest BCUT2D eigenvalue weighted by Gasteiger charge is -2.11. The van der Waals surface area contributed by atoms with Gasteiger partial charge in [-0.2, -0.15) is 5.10 Å². The highest BCUT2D eigenvalue weighted by molar-refractivity contribution is 5.81. The molecule has 0 aliphatic carbocycles. The zero-order valence-corrected chi connectivity index (χ0v) is 12.9. The van der Waals surface area contributed by atoms with Gasteiger partial charge >= 0.3 is 5.69 Å². The average molecular weight is 308 g/mol. The lowest BCUT2D eigenvalue weighted by atomic mass is 10.2. The van der Waals surface area contributed by atoms with Gasteiger partial charge in [-0.05, 0) is 29.8 Å². The molecule has 3 rings (SSSR count). The van der Waals surface area contributed by atoms with Gasteiger partial charge in [0.1, 0.15) is 0 Å². The average Bonchev–Trinajstić information content (AvgIpc) is 2.55. The van der Waals surface area contributed by atoms with Gasteiger partial charge in [-0.3, -0.25) is 4.79 Å². The van der Waals surface area contributed by atoms with E-state index in [-0.39, 0.29) is 0 Å². The molecule has 0 saturated heterocycles. The minimum Gasteiger partial charge on any atom is -0.378 e. The summed E-state index contributed by atoms with van der Waals surface area (Å²) < 4.78 is 0.836. The van der Waals surface area contributed by atoms with Crippen LogP contribution in [-0.2, 0) is 0 Å². The quantitative estimate of drug-likeness (QED) is 0.748. The van der Waals surface area contributed by atoms with Gasteiger partial charge in [0.2, 0.25) is 0 Å². The summed E-state index contributed by atoms with van der Waals surface area (Å²) in [7, 11) is 3.91. The van der Waals surface area contributed by atoms with Crippen LogP contribution in [-0.4, -0.2) is 30.0 Å². The number of nitrogens with zero attached hydrogens (tertiary/aromatic N) is 3. The smallest absolute Gasteiger partial charge is 0.349 e. The molecule has 0 aliphatic heterocycles. The topological polar surface area (TPSA) is 70.5 Å². The molecule has 0 fully saturated rings. The SMILES string of the molecule is CN(C)c1ccc(/C=N\n2c(=O)[nH]c3ccccc3c2=O)cc1. The van der Waals surface area contributed by atoms with E-state index in [1.807, 2.05) is 43.3 Å². The second-order valence-corrected chi connectivity index (χ2v) is 5.32. The summed E-state index contributed by atoms with van der Waals surface area (Å²) in [6.07, 6.45) is 1.49. The first kappa shape index (κ1) is 14.8. The number of rotatable bonds is 3. The van der Waals surface area contributed by atoms with Crippen LogP contribution < -0.4 is 16.1 Å². The highest BCUT2D eigenvalue weighted by Gasteiger charge is 2.05. The van der Waals surface area contributed by atoms with Crippen LogP contribution in [0.15, 0.2) is 63.2 Å². The Morgan fingerprint density at radius 3 is 2.43 bits per heavy atom. The molecule has 1 heterocycles. The number of fused-ring (bicyclic) bond motifs is 1. The first-order valence-electron chi connectivity index (χ1n) is 7.12. The van der Waals surface area contributed by atoms with E-state index in [1.54, 1.807) is 24.3 Å². The van der Waals surface area contributed by atoms with Gasteiger partial charge in [0.05, 0.1) is 17.1 Å². The standard InChI is InChI=1S/C17H16N4O2/c1-20(2)13-9-7-12(8-10-13)11-18-21-16(22)14-5-3-4-6-15(14)19-17(21)23/h3-11H,1-2H3,(H,19,23)/b18-11-. The molecule has 0 spiro atoms. The fraction of sp³-hybridized carbons (Fsp3) is 0.118. The second-order valence-electron chi connectivity index (χ2n) is 5.32. The number of aromatic amines is 1. The van der Waals surface area contributed by atoms with Crippen LogP contribution in [0, 0.1) is 0 Å². The summed E-state index contributed by atoms with van der Waals surface area (Å²) in [6, 6.07) is 14.5. The molecule has 3 aromatic rings. The van der Waals surface area contributed by atoms with Gasteiger partial charge in [0, 0.05) is 19.8 Å². The summed E-state index contributed by atoms with van der Waals surface area (Å²) in [5, 5.41) is 4.45. The van der Waals surface area contributed by atoms with E-state index in [1.165, 1.54) is 6.21 Å². The van der Waals surface area contributed by atoms with E-state index in [4.69, 9.17) is 0 Å². The molecule has 0 radical (unpaired) electrons. The number of aromatic nitrogens is 2. The van der Waals surface area contributed by atoms with Gasteiger partial charge < -0.3 is 9.88 Å². The van der Waals surface area contributed by atoms with Crippen molar-refractivity contribution in [2.24, 2.45) is 5.10 Å². The minimum absolute atomic E-state index is 0.423. The number of nitrogens with one attached hydrogen (secondary N) is 1. The van der Waals surface area contributed by atoms with Crippen LogP contribution in [0.2, 0.25) is 0 Å². The van der Waals surface area contributed by atoms with Crippen molar-refractivity contribution in [3.05, 3.63) is 74.9 Å². The molecule has 0 unspecified atom stereocenters. The monoisotopic (exact) mass is 308 g/mol. The van der Waals surface area contributed by atoms with Crippen molar-refractivity contribution in [2.75, 3.05) is 19.0 Å². The molecule has 6 heteroatoms. The molecule has 6 nitrogen and oxygen atoms in total. The van der Waals surface area contributed by atoms with Crippen molar-refractivity contribution < 1.29 is 0 Å². The highest BCUT2D eigenvalue weighted by Crippen LogP contribution is 2.11. The van der Waals surface area contributed by atoms with E-state index in [9.17, 15) is 9.59 Å². The van der Waals surface area contributed by atoms with Gasteiger partial charge in [-0.15, -0.1) is 4.68 Å². The molecule has 1 aromatic heterocycles. The third kappa shape index (κ3) is 2.91. The molecule has 23 heavy (non-hydrogen) atoms. The number of hydrogen-bond donors (Lipinski definition) is 1. The summed E-state index contributed by atoms with van der Waals surface area (Å²) in [5.41, 5.74) is 1.36. The zero-order valence-electron chi connectivity index (χ0n) is 12.9. The Morgan fingerprint density at radius 2 is 1.74 bits per heavy atom. The number of hydrogen-bond acceptors (Lipinski definition) is 4. The second kappa shape index (κ2) is 5.92. The van der Waals surface area contributed by atoms with E-state index in [0.717, 1.165) is 15.9 Å². The predicted octanol–water partition coefficient (Wildman–Crippen LogP) is 1.64. The number of H-pyrrole nitrogens is 1. The maximum Gasteiger partial charge on any atom is 0.349 e. The number of para-hydroxylation sites is 1. The van der Waals surface area contributed by atoms with E-state index in [2.05, 4.69) is 10.1 Å². The van der Waals surface area contributed by atoms with Crippen molar-refractivity contribution in [1.82, 2.24) is 9.66 Å². The van der Waals surface area contributed by atoms with Crippen molar-refractivity contribution in [2.45, 2.75) is 0 Å². The molecule has 116 valence electrons. The first-order chi connectivity index (χ1) is 11.1. The molecule has 2 aromatic carbocycles. The van der Waals surface area contributed by atoms with Gasteiger partial charge in [-0.1, -0.05) is 24.3 Å². The highest BCUT2D eigenvalue weighted by atomic mass is 16.2. The van der Waals surface area contributed by atoms with Crippen LogP contribution in [0.25, 0.3) is 10.9 Å². The Hall–Kier alpha value is -3.15. The Balaban J connectivity index is 2.01. The zero-order chi connectivity index (χ0) is 16.4. The lowest BCUT2D eigenvalue weighted by molar-refractivity contribution is 0.771. The maximum absolute atomic E-state index is 12.3. The first-order valence-corrected chi connectivity index (χ1v) is 7.12. The van der Waals surface area contributed by atoms with Crippen molar-refractivity contribution >= 4 is 22.8 Å². The predicted molar refractivity (Wildman–Crippen MR) is 92.6 cm³/mol. The molecule has 0 aliphatic rings. The van der Waals surface area contributed by atoms with Crippen LogP contribution in [0.5, 0.6) is 0 Å². The van der Waals surface area contributed by atoms with Crippen LogP contribution in [0.1, 0.15) is 5.56 Å². The Labute approximate surface area is 132 Å². The minimum atomic E-state index is -0.560. The normalized spacial score (nSPS) is 11.2. The lowest BCUT2D eigenvalue weighted by Crippen LogP contribution is -2.32. The molecule has 0 amide bonds. The molecule has 0 bridgehead atoms. The van der Waals surface area contributed by atoms with Crippen molar-refractivity contribution in [3.63, 3.8) is 0 Å². The number of anilines is 1. The molecule has 0 saturated carbocycles. The van der Waals surface area contributed by atoms with Gasteiger partial charge in [-0.25, -0.2) is 4.79 Å². The van der Waals surface area contributed by atoms with Crippen molar-refractivity contribution in [1.29, 1.82) is 0 Å². The van der Waals surface area contributed by atoms with Crippen LogP contribution in [0.3, 0.4) is 0 Å². The molecular weight excluding hydrogens is 292 g/mol. The molecule has 0 atom stereocenters. The summed E-state index contributed by atoms with van der Waals surface area (Å²) in [5.74, 6) is 0. The summed E-state index contributed by atoms with van der Waals surface area (Å²) in [6.45, 7) is 0. The number of benzene rings is 2. The fourth-order valence-electron chi connectivity index (χ4n) is 2.24. The Morgan fingerprint density at radius 1 is 1.04 bits per heavy atom. The van der Waals surface area contributed by atoms with E-state index < -0.39 is 11.2 Å². The van der Waals surface area contributed by atoms with Crippen LogP contribution in [0.4, 0.5) is 5.69 Å². The Kier molecular flexibility index (Phi) is 3.80. The third-order valence-electron chi connectivity index (χ3n) is 3.52. The third-order valence-corrected chi connectivity index (χ3v) is 3.52. The van der Waals surface area contributed by atoms with E-state index in [0.29, 0.717) is 10.9 Å². The largest absolute Gasteiger partial charge is 0.378 e. The molecular formula is C17H16N4O2. The maximum atomic E-state index is 12.3. The summed E-state index contributed by atoms with van der Waals surface area (Å²) >= 11 is 0. The Bertz CT molecular complexity index is 982. The fourth-order valence-corrected chi connectivity index (χ4v) is 2.24. The van der Waals surface area contributed by atoms with Gasteiger partial charge in [0.15, 0.2) is 0 Å².